The second-order valence-corrected chi connectivity index (χ2v) is 5.91. The molecule has 20 heavy (non-hydrogen) atoms. The minimum absolute atomic E-state index is 0. The number of methoxy groups -OCH3 is 2. The van der Waals surface area contributed by atoms with Crippen LogP contribution in [0.3, 0.4) is 0 Å². The van der Waals surface area contributed by atoms with E-state index in [0.717, 1.165) is 0 Å². The molecule has 0 aliphatic heterocycles. The maximum atomic E-state index is 12.2. The maximum absolute atomic E-state index is 12.2. The van der Waals surface area contributed by atoms with Crippen molar-refractivity contribution < 1.29 is 17.9 Å². The van der Waals surface area contributed by atoms with Crippen molar-refractivity contribution in [3.8, 4) is 11.5 Å². The molecule has 8 heteroatoms. The van der Waals surface area contributed by atoms with E-state index < -0.39 is 10.0 Å². The first-order valence-corrected chi connectivity index (χ1v) is 7.29. The molecule has 6 nitrogen and oxygen atoms in total. The van der Waals surface area contributed by atoms with Crippen molar-refractivity contribution in [1.82, 2.24) is 4.72 Å². The Bertz CT molecular complexity index is 549. The van der Waals surface area contributed by atoms with Crippen molar-refractivity contribution in [3.63, 3.8) is 0 Å². The van der Waals surface area contributed by atoms with Crippen LogP contribution in [0.4, 0.5) is 0 Å². The highest BCUT2D eigenvalue weighted by molar-refractivity contribution is 7.89. The van der Waals surface area contributed by atoms with Crippen LogP contribution in [0.25, 0.3) is 0 Å². The van der Waals surface area contributed by atoms with E-state index in [1.165, 1.54) is 20.3 Å². The summed E-state index contributed by atoms with van der Waals surface area (Å²) in [6, 6.07) is 2.73. The Kier molecular flexibility index (Phi) is 7.29. The summed E-state index contributed by atoms with van der Waals surface area (Å²) in [5.74, 6) is 0.861. The largest absolute Gasteiger partial charge is 0.493 e. The van der Waals surface area contributed by atoms with Crippen molar-refractivity contribution in [3.05, 3.63) is 17.7 Å². The fourth-order valence-corrected chi connectivity index (χ4v) is 3.13. The van der Waals surface area contributed by atoms with Gasteiger partial charge in [-0.25, -0.2) is 13.1 Å². The van der Waals surface area contributed by atoms with Gasteiger partial charge in [0, 0.05) is 18.7 Å². The standard InChI is InChI=1S/C12H20N2O4S.ClH/c1-8-5-10(17-3)11(18-4)6-12(8)19(15,16)14-9(2)7-13;/h5-6,9,14H,7,13H2,1-4H3;1H/t9-;/m1./s1. The Morgan fingerprint density at radius 1 is 1.25 bits per heavy atom. The molecule has 3 N–H and O–H groups in total. The molecule has 0 fully saturated rings. The first kappa shape index (κ1) is 19.0. The molecule has 0 heterocycles. The third-order valence-corrected chi connectivity index (χ3v) is 4.41. The molecule has 1 aromatic carbocycles. The Balaban J connectivity index is 0.00000361. The molecule has 0 aliphatic rings. The number of ether oxygens (including phenoxy) is 2. The second kappa shape index (κ2) is 7.68. The van der Waals surface area contributed by atoms with Crippen molar-refractivity contribution in [2.45, 2.75) is 24.8 Å². The molecule has 0 saturated heterocycles. The van der Waals surface area contributed by atoms with E-state index in [9.17, 15) is 8.42 Å². The van der Waals surface area contributed by atoms with Crippen LogP contribution in [0.5, 0.6) is 11.5 Å². The number of halogens is 1. The van der Waals surface area contributed by atoms with E-state index in [0.29, 0.717) is 17.1 Å². The summed E-state index contributed by atoms with van der Waals surface area (Å²) in [5, 5.41) is 0. The molecular formula is C12H21ClN2O4S. The zero-order valence-electron chi connectivity index (χ0n) is 12.0. The molecule has 0 amide bonds. The van der Waals surface area contributed by atoms with Gasteiger partial charge in [-0.05, 0) is 25.5 Å². The predicted molar refractivity (Wildman–Crippen MR) is 80.4 cm³/mol. The average Bonchev–Trinajstić information content (AvgIpc) is 2.37. The molecule has 0 radical (unpaired) electrons. The van der Waals surface area contributed by atoms with Gasteiger partial charge in [0.05, 0.1) is 19.1 Å². The molecule has 0 bridgehead atoms. The van der Waals surface area contributed by atoms with Crippen LogP contribution in [0.15, 0.2) is 17.0 Å². The quantitative estimate of drug-likeness (QED) is 0.816. The molecule has 0 unspecified atom stereocenters. The van der Waals surface area contributed by atoms with E-state index in [4.69, 9.17) is 15.2 Å². The summed E-state index contributed by atoms with van der Waals surface area (Å²) in [5.41, 5.74) is 6.00. The normalized spacial score (nSPS) is 12.4. The van der Waals surface area contributed by atoms with Crippen molar-refractivity contribution in [2.24, 2.45) is 5.73 Å². The number of nitrogens with one attached hydrogen (secondary N) is 1. The van der Waals surface area contributed by atoms with Gasteiger partial charge in [-0.1, -0.05) is 0 Å². The van der Waals surface area contributed by atoms with Crippen LogP contribution in [0, 0.1) is 6.92 Å². The van der Waals surface area contributed by atoms with E-state index >= 15 is 0 Å². The number of hydrogen-bond donors (Lipinski definition) is 2. The lowest BCUT2D eigenvalue weighted by molar-refractivity contribution is 0.353. The minimum Gasteiger partial charge on any atom is -0.493 e. The Hall–Kier alpha value is -1.02. The van der Waals surface area contributed by atoms with Gasteiger partial charge in [0.25, 0.3) is 0 Å². The first-order chi connectivity index (χ1) is 8.85. The van der Waals surface area contributed by atoms with E-state index in [-0.39, 0.29) is 29.9 Å². The monoisotopic (exact) mass is 324 g/mol. The van der Waals surface area contributed by atoms with Gasteiger partial charge in [-0.2, -0.15) is 0 Å². The lowest BCUT2D eigenvalue weighted by Crippen LogP contribution is -2.38. The lowest BCUT2D eigenvalue weighted by Gasteiger charge is -2.16. The van der Waals surface area contributed by atoms with Gasteiger partial charge >= 0.3 is 0 Å². The topological polar surface area (TPSA) is 90.7 Å². The number of hydrogen-bond acceptors (Lipinski definition) is 5. The van der Waals surface area contributed by atoms with Crippen molar-refractivity contribution in [2.75, 3.05) is 20.8 Å². The van der Waals surface area contributed by atoms with Crippen LogP contribution in [-0.4, -0.2) is 35.2 Å². The van der Waals surface area contributed by atoms with Gasteiger partial charge < -0.3 is 15.2 Å². The van der Waals surface area contributed by atoms with Gasteiger partial charge in [0.15, 0.2) is 11.5 Å². The van der Waals surface area contributed by atoms with E-state index in [1.807, 2.05) is 0 Å². The number of aryl methyl sites for hydroxylation is 1. The highest BCUT2D eigenvalue weighted by Crippen LogP contribution is 2.32. The fourth-order valence-electron chi connectivity index (χ4n) is 1.63. The summed E-state index contributed by atoms with van der Waals surface area (Å²) in [6.07, 6.45) is 0. The van der Waals surface area contributed by atoms with E-state index in [1.54, 1.807) is 19.9 Å². The maximum Gasteiger partial charge on any atom is 0.241 e. The van der Waals surface area contributed by atoms with Crippen LogP contribution < -0.4 is 19.9 Å². The highest BCUT2D eigenvalue weighted by atomic mass is 35.5. The van der Waals surface area contributed by atoms with Crippen LogP contribution in [-0.2, 0) is 10.0 Å². The second-order valence-electron chi connectivity index (χ2n) is 4.23. The number of nitrogens with two attached hydrogens (primary N) is 1. The summed E-state index contributed by atoms with van der Waals surface area (Å²) >= 11 is 0. The van der Waals surface area contributed by atoms with Crippen LogP contribution in [0.1, 0.15) is 12.5 Å². The van der Waals surface area contributed by atoms with Gasteiger partial charge in [-0.15, -0.1) is 12.4 Å². The average molecular weight is 325 g/mol. The number of rotatable bonds is 6. The smallest absolute Gasteiger partial charge is 0.241 e. The Morgan fingerprint density at radius 3 is 2.20 bits per heavy atom. The fraction of sp³-hybridized carbons (Fsp3) is 0.500. The molecule has 116 valence electrons. The summed E-state index contributed by atoms with van der Waals surface area (Å²) in [6.45, 7) is 3.63. The molecular weight excluding hydrogens is 304 g/mol. The lowest BCUT2D eigenvalue weighted by atomic mass is 10.2. The zero-order chi connectivity index (χ0) is 14.6. The first-order valence-electron chi connectivity index (χ1n) is 5.80. The molecule has 0 spiro atoms. The number of sulfonamides is 1. The van der Waals surface area contributed by atoms with Gasteiger partial charge in [-0.3, -0.25) is 0 Å². The third kappa shape index (κ3) is 4.24. The molecule has 0 saturated carbocycles. The summed E-state index contributed by atoms with van der Waals surface area (Å²) in [4.78, 5) is 0.158. The van der Waals surface area contributed by atoms with Crippen LogP contribution >= 0.6 is 12.4 Å². The Labute approximate surface area is 126 Å². The van der Waals surface area contributed by atoms with E-state index in [2.05, 4.69) is 4.72 Å². The number of benzene rings is 1. The van der Waals surface area contributed by atoms with Crippen molar-refractivity contribution >= 4 is 22.4 Å². The predicted octanol–water partition coefficient (Wildman–Crippen LogP) is 1.06. The molecule has 1 atom stereocenters. The minimum atomic E-state index is -3.63. The third-order valence-electron chi connectivity index (χ3n) is 2.68. The molecule has 1 aromatic rings. The highest BCUT2D eigenvalue weighted by Gasteiger charge is 2.21. The molecule has 1 rings (SSSR count). The van der Waals surface area contributed by atoms with Crippen molar-refractivity contribution in [1.29, 1.82) is 0 Å². The summed E-state index contributed by atoms with van der Waals surface area (Å²) in [7, 11) is -0.667. The SMILES string of the molecule is COc1cc(C)c(S(=O)(=O)N[C@H](C)CN)cc1OC.Cl. The molecule has 0 aromatic heterocycles. The summed E-state index contributed by atoms with van der Waals surface area (Å²) < 4.78 is 37.2. The Morgan fingerprint density at radius 2 is 1.75 bits per heavy atom. The van der Waals surface area contributed by atoms with Gasteiger partial charge in [0.2, 0.25) is 10.0 Å². The molecule has 0 aliphatic carbocycles. The van der Waals surface area contributed by atoms with Crippen LogP contribution in [0.2, 0.25) is 0 Å². The van der Waals surface area contributed by atoms with Gasteiger partial charge in [0.1, 0.15) is 0 Å². The zero-order valence-corrected chi connectivity index (χ0v) is 13.6.